The van der Waals surface area contributed by atoms with E-state index in [9.17, 15) is 14.8 Å². The largest absolute Gasteiger partial charge is 0.347 e. The molecule has 4 amide bonds. The van der Waals surface area contributed by atoms with E-state index in [4.69, 9.17) is 46.4 Å². The summed E-state index contributed by atoms with van der Waals surface area (Å²) < 4.78 is 0. The lowest BCUT2D eigenvalue weighted by Crippen LogP contribution is -2.58. The van der Waals surface area contributed by atoms with E-state index in [2.05, 4.69) is 12.2 Å². The molecule has 1 aliphatic rings. The van der Waals surface area contributed by atoms with E-state index in [0.29, 0.717) is 33.0 Å². The van der Waals surface area contributed by atoms with Crippen molar-refractivity contribution in [2.24, 2.45) is 0 Å². The molecule has 2 aromatic carbocycles. The van der Waals surface area contributed by atoms with Gasteiger partial charge in [0.2, 0.25) is 0 Å². The highest BCUT2D eigenvalue weighted by molar-refractivity contribution is 6.42. The van der Waals surface area contributed by atoms with Gasteiger partial charge in [0.25, 0.3) is 0 Å². The third-order valence-electron chi connectivity index (χ3n) is 6.54. The third-order valence-corrected chi connectivity index (χ3v) is 8.01. The quantitative estimate of drug-likeness (QED) is 0.165. The van der Waals surface area contributed by atoms with Gasteiger partial charge in [0.15, 0.2) is 6.17 Å². The van der Waals surface area contributed by atoms with Crippen molar-refractivity contribution in [3.63, 3.8) is 0 Å². The van der Waals surface area contributed by atoms with Crippen molar-refractivity contribution >= 4 is 69.8 Å². The first-order valence-corrected chi connectivity index (χ1v) is 13.8. The number of hydroxylamine groups is 2. The van der Waals surface area contributed by atoms with Crippen LogP contribution in [0.5, 0.6) is 0 Å². The number of hydrogen-bond donors (Lipinski definition) is 2. The summed E-state index contributed by atoms with van der Waals surface area (Å²) in [7, 11) is 0. The van der Waals surface area contributed by atoms with Crippen molar-refractivity contribution in [3.8, 4) is 0 Å². The zero-order chi connectivity index (χ0) is 27.3. The molecule has 0 unspecified atom stereocenters. The number of halogens is 4. The molecule has 0 aromatic heterocycles. The minimum Gasteiger partial charge on any atom is -0.315 e. The number of hydrogen-bond acceptors (Lipinski definition) is 3. The van der Waals surface area contributed by atoms with Gasteiger partial charge in [-0.1, -0.05) is 85.4 Å². The Morgan fingerprint density at radius 1 is 0.946 bits per heavy atom. The number of rotatable bonds is 10. The highest BCUT2D eigenvalue weighted by Crippen LogP contribution is 2.40. The Labute approximate surface area is 238 Å². The molecule has 11 heteroatoms. The van der Waals surface area contributed by atoms with Crippen molar-refractivity contribution < 1.29 is 14.8 Å². The van der Waals surface area contributed by atoms with Crippen molar-refractivity contribution in [2.75, 3.05) is 16.8 Å². The van der Waals surface area contributed by atoms with Crippen LogP contribution in [-0.2, 0) is 0 Å². The van der Waals surface area contributed by atoms with E-state index in [1.807, 2.05) is 13.8 Å². The molecule has 1 aliphatic heterocycles. The van der Waals surface area contributed by atoms with E-state index in [0.717, 1.165) is 32.1 Å². The summed E-state index contributed by atoms with van der Waals surface area (Å²) in [4.78, 5) is 29.9. The van der Waals surface area contributed by atoms with Crippen LogP contribution in [0.4, 0.5) is 21.0 Å². The molecule has 2 N–H and O–H groups in total. The first-order chi connectivity index (χ1) is 17.5. The van der Waals surface area contributed by atoms with E-state index in [-0.39, 0.29) is 16.1 Å². The normalized spacial score (nSPS) is 16.9. The molecule has 0 saturated carbocycles. The summed E-state index contributed by atoms with van der Waals surface area (Å²) in [6.07, 6.45) is 5.32. The minimum absolute atomic E-state index is 0.252. The van der Waals surface area contributed by atoms with E-state index < -0.39 is 17.7 Å². The molecular formula is C26H32Cl4N4O3. The standard InChI is InChI=1S/C26H32Cl4N4O3/c1-4-5-6-7-8-9-14-32-25(36)33(18-11-13-20(28)22(30)16-18)23(26(32,2)3)34(37)24(35)31-17-10-12-19(27)21(29)15-17/h10-13,15-16,23,37H,4-9,14H2,1-3H3,(H,31,35)/t23-/m0/s1. The van der Waals surface area contributed by atoms with Crippen molar-refractivity contribution in [1.29, 1.82) is 0 Å². The van der Waals surface area contributed by atoms with Gasteiger partial charge in [-0.05, 0) is 56.7 Å². The average Bonchev–Trinajstić information content (AvgIpc) is 3.04. The number of carbonyl (C=O) groups is 2. The van der Waals surface area contributed by atoms with Crippen LogP contribution in [0.2, 0.25) is 20.1 Å². The molecule has 7 nitrogen and oxygen atoms in total. The summed E-state index contributed by atoms with van der Waals surface area (Å²) in [6, 6.07) is 8.14. The van der Waals surface area contributed by atoms with E-state index in [1.54, 1.807) is 29.2 Å². The molecular weight excluding hydrogens is 558 g/mol. The Morgan fingerprint density at radius 3 is 2.16 bits per heavy atom. The van der Waals surface area contributed by atoms with Crippen LogP contribution in [0.1, 0.15) is 59.3 Å². The maximum atomic E-state index is 13.7. The molecule has 0 bridgehead atoms. The van der Waals surface area contributed by atoms with Gasteiger partial charge in [0.05, 0.1) is 25.6 Å². The minimum atomic E-state index is -1.07. The summed E-state index contributed by atoms with van der Waals surface area (Å²) >= 11 is 24.4. The van der Waals surface area contributed by atoms with Crippen molar-refractivity contribution in [2.45, 2.75) is 71.0 Å². The van der Waals surface area contributed by atoms with Crippen LogP contribution in [0.3, 0.4) is 0 Å². The number of carbonyl (C=O) groups excluding carboxylic acids is 2. The Morgan fingerprint density at radius 2 is 1.54 bits per heavy atom. The summed E-state index contributed by atoms with van der Waals surface area (Å²) in [5.74, 6) is 0. The fourth-order valence-corrected chi connectivity index (χ4v) is 5.12. The van der Waals surface area contributed by atoms with Crippen LogP contribution in [-0.4, -0.2) is 45.5 Å². The lowest BCUT2D eigenvalue weighted by atomic mass is 9.99. The fourth-order valence-electron chi connectivity index (χ4n) is 4.53. The second kappa shape index (κ2) is 12.8. The van der Waals surface area contributed by atoms with Gasteiger partial charge in [-0.2, -0.15) is 5.06 Å². The fraction of sp³-hybridized carbons (Fsp3) is 0.462. The Kier molecular flexibility index (Phi) is 10.2. The first kappa shape index (κ1) is 29.7. The van der Waals surface area contributed by atoms with Gasteiger partial charge in [-0.15, -0.1) is 0 Å². The number of urea groups is 2. The predicted molar refractivity (Wildman–Crippen MR) is 151 cm³/mol. The van der Waals surface area contributed by atoms with Gasteiger partial charge in [-0.25, -0.2) is 9.59 Å². The number of amides is 4. The topological polar surface area (TPSA) is 76.1 Å². The third kappa shape index (κ3) is 6.76. The second-order valence-corrected chi connectivity index (χ2v) is 11.2. The monoisotopic (exact) mass is 588 g/mol. The molecule has 37 heavy (non-hydrogen) atoms. The molecule has 1 fully saturated rings. The van der Waals surface area contributed by atoms with Crippen molar-refractivity contribution in [1.82, 2.24) is 9.96 Å². The molecule has 0 radical (unpaired) electrons. The highest BCUT2D eigenvalue weighted by Gasteiger charge is 2.55. The second-order valence-electron chi connectivity index (χ2n) is 9.60. The van der Waals surface area contributed by atoms with Crippen LogP contribution in [0.25, 0.3) is 0 Å². The number of nitrogens with zero attached hydrogens (tertiary/aromatic N) is 3. The molecule has 2 aromatic rings. The zero-order valence-electron chi connectivity index (χ0n) is 21.1. The summed E-state index contributed by atoms with van der Waals surface area (Å²) in [5.41, 5.74) is -0.203. The predicted octanol–water partition coefficient (Wildman–Crippen LogP) is 8.93. The number of unbranched alkanes of at least 4 members (excludes halogenated alkanes) is 5. The van der Waals surface area contributed by atoms with Gasteiger partial charge < -0.3 is 10.2 Å². The van der Waals surface area contributed by atoms with Crippen molar-refractivity contribution in [3.05, 3.63) is 56.5 Å². The van der Waals surface area contributed by atoms with Crippen LogP contribution in [0.15, 0.2) is 36.4 Å². The smallest absolute Gasteiger partial charge is 0.315 e. The maximum absolute atomic E-state index is 13.7. The molecule has 0 spiro atoms. The molecule has 202 valence electrons. The molecule has 1 heterocycles. The Balaban J connectivity index is 1.89. The van der Waals surface area contributed by atoms with Crippen LogP contribution < -0.4 is 10.2 Å². The molecule has 1 atom stereocenters. The van der Waals surface area contributed by atoms with E-state index >= 15 is 0 Å². The molecule has 3 rings (SSSR count). The number of anilines is 2. The van der Waals surface area contributed by atoms with Crippen LogP contribution >= 0.6 is 46.4 Å². The van der Waals surface area contributed by atoms with Gasteiger partial charge in [0.1, 0.15) is 0 Å². The van der Waals surface area contributed by atoms with Gasteiger partial charge >= 0.3 is 12.1 Å². The molecule has 1 saturated heterocycles. The van der Waals surface area contributed by atoms with Crippen LogP contribution in [0, 0.1) is 0 Å². The molecule has 0 aliphatic carbocycles. The van der Waals surface area contributed by atoms with Gasteiger partial charge in [0, 0.05) is 17.9 Å². The summed E-state index contributed by atoms with van der Waals surface area (Å²) in [6.45, 7) is 6.29. The Hall–Kier alpha value is -1.90. The average molecular weight is 590 g/mol. The SMILES string of the molecule is CCCCCCCCN1C(=O)N(c2ccc(Cl)c(Cl)c2)[C@@H](N(O)C(=O)Nc2ccc(Cl)c(Cl)c2)C1(C)C. The first-order valence-electron chi connectivity index (χ1n) is 12.3. The summed E-state index contributed by atoms with van der Waals surface area (Å²) in [5, 5.41) is 15.5. The Bertz CT molecular complexity index is 1130. The lowest BCUT2D eigenvalue weighted by molar-refractivity contribution is -0.0949. The lowest BCUT2D eigenvalue weighted by Gasteiger charge is -2.38. The van der Waals surface area contributed by atoms with E-state index in [1.165, 1.54) is 23.5 Å². The highest BCUT2D eigenvalue weighted by atomic mass is 35.5. The maximum Gasteiger partial charge on any atom is 0.347 e. The number of benzene rings is 2. The zero-order valence-corrected chi connectivity index (χ0v) is 24.1. The number of nitrogens with one attached hydrogen (secondary N) is 1. The van der Waals surface area contributed by atoms with Gasteiger partial charge in [-0.3, -0.25) is 10.1 Å².